The number of likely N-dealkylation sites (tertiary alicyclic amines) is 1. The van der Waals surface area contributed by atoms with Crippen molar-refractivity contribution in [2.45, 2.75) is 78.4 Å². The molecule has 1 saturated heterocycles. The second-order valence-electron chi connectivity index (χ2n) is 10.1. The first-order valence-electron chi connectivity index (χ1n) is 12.4. The van der Waals surface area contributed by atoms with E-state index in [1.807, 2.05) is 51.1 Å². The molecule has 0 spiro atoms. The molecule has 35 heavy (non-hydrogen) atoms. The maximum absolute atomic E-state index is 12.2. The number of unbranched alkanes of at least 4 members (excludes halogenated alkanes) is 1. The number of carbonyl (C=O) groups is 2. The van der Waals surface area contributed by atoms with Gasteiger partial charge in [0.15, 0.2) is 11.4 Å². The molecule has 1 amide bonds. The van der Waals surface area contributed by atoms with Crippen molar-refractivity contribution in [2.75, 3.05) is 13.1 Å². The normalized spacial score (nSPS) is 14.6. The number of hydrogen-bond donors (Lipinski definition) is 1. The number of benzene rings is 1. The molecule has 1 aromatic heterocycles. The average molecular weight is 484 g/mol. The molecule has 0 unspecified atom stereocenters. The fourth-order valence-electron chi connectivity index (χ4n) is 4.23. The molecule has 1 aliphatic rings. The van der Waals surface area contributed by atoms with E-state index >= 15 is 0 Å². The Hall–Kier alpha value is -3.16. The standard InChI is InChI=1S/C27H37N3O5/c1-19-24(34-18-21-11-6-5-7-12-21)23(25(31)32)29-22(28-19)13-9-8-10-20-14-16-30(17-15-20)26(33)35-27(2,3)4/h5-7,11-12,20H,8-10,13-18H2,1-4H3,(H,31,32). The number of hydrogen-bond acceptors (Lipinski definition) is 6. The zero-order valence-electron chi connectivity index (χ0n) is 21.2. The fourth-order valence-corrected chi connectivity index (χ4v) is 4.23. The average Bonchev–Trinajstić information content (AvgIpc) is 2.80. The van der Waals surface area contributed by atoms with Crippen molar-refractivity contribution >= 4 is 12.1 Å². The number of aryl methyl sites for hydroxylation is 2. The molecule has 0 aliphatic carbocycles. The van der Waals surface area contributed by atoms with Crippen molar-refractivity contribution in [2.24, 2.45) is 5.92 Å². The van der Waals surface area contributed by atoms with Gasteiger partial charge in [0, 0.05) is 19.5 Å². The summed E-state index contributed by atoms with van der Waals surface area (Å²) in [7, 11) is 0. The summed E-state index contributed by atoms with van der Waals surface area (Å²) in [5.41, 5.74) is 0.932. The van der Waals surface area contributed by atoms with Crippen LogP contribution in [-0.2, 0) is 17.8 Å². The molecule has 0 atom stereocenters. The summed E-state index contributed by atoms with van der Waals surface area (Å²) in [5.74, 6) is 0.227. The quantitative estimate of drug-likeness (QED) is 0.475. The van der Waals surface area contributed by atoms with E-state index in [2.05, 4.69) is 9.97 Å². The van der Waals surface area contributed by atoms with Gasteiger partial charge in [-0.15, -0.1) is 0 Å². The lowest BCUT2D eigenvalue weighted by Gasteiger charge is -2.33. The number of rotatable bonds is 9. The largest absolute Gasteiger partial charge is 0.484 e. The minimum atomic E-state index is -1.11. The number of amides is 1. The summed E-state index contributed by atoms with van der Waals surface area (Å²) < 4.78 is 11.2. The van der Waals surface area contributed by atoms with E-state index in [9.17, 15) is 14.7 Å². The molecule has 8 nitrogen and oxygen atoms in total. The van der Waals surface area contributed by atoms with Crippen LogP contribution in [0.25, 0.3) is 0 Å². The molecule has 1 aromatic carbocycles. The molecule has 8 heteroatoms. The molecule has 1 aliphatic heterocycles. The van der Waals surface area contributed by atoms with Crippen LogP contribution < -0.4 is 4.74 Å². The van der Waals surface area contributed by atoms with Crippen LogP contribution in [0.15, 0.2) is 30.3 Å². The zero-order valence-corrected chi connectivity index (χ0v) is 21.2. The van der Waals surface area contributed by atoms with Gasteiger partial charge < -0.3 is 19.5 Å². The lowest BCUT2D eigenvalue weighted by atomic mass is 9.91. The van der Waals surface area contributed by atoms with Crippen molar-refractivity contribution in [3.05, 3.63) is 53.1 Å². The maximum Gasteiger partial charge on any atom is 0.410 e. The van der Waals surface area contributed by atoms with E-state index in [-0.39, 0.29) is 24.1 Å². The summed E-state index contributed by atoms with van der Waals surface area (Å²) in [6.07, 6.45) is 5.32. The molecule has 0 bridgehead atoms. The zero-order chi connectivity index (χ0) is 25.4. The van der Waals surface area contributed by atoms with Crippen LogP contribution in [-0.4, -0.2) is 50.7 Å². The predicted octanol–water partition coefficient (Wildman–Crippen LogP) is 5.42. The van der Waals surface area contributed by atoms with Crippen molar-refractivity contribution in [3.63, 3.8) is 0 Å². The molecular formula is C27H37N3O5. The summed E-state index contributed by atoms with van der Waals surface area (Å²) in [5, 5.41) is 9.67. The molecule has 3 rings (SSSR count). The Morgan fingerprint density at radius 3 is 2.40 bits per heavy atom. The lowest BCUT2D eigenvalue weighted by Crippen LogP contribution is -2.41. The van der Waals surface area contributed by atoms with Gasteiger partial charge in [-0.25, -0.2) is 19.6 Å². The summed E-state index contributed by atoms with van der Waals surface area (Å²) >= 11 is 0. The number of carboxylic acid groups (broad SMARTS) is 1. The van der Waals surface area contributed by atoms with E-state index in [0.29, 0.717) is 23.9 Å². The summed E-state index contributed by atoms with van der Waals surface area (Å²) in [6, 6.07) is 9.59. The van der Waals surface area contributed by atoms with E-state index in [1.54, 1.807) is 11.8 Å². The topological polar surface area (TPSA) is 102 Å². The van der Waals surface area contributed by atoms with Crippen molar-refractivity contribution < 1.29 is 24.2 Å². The molecule has 0 saturated carbocycles. The number of aromatic nitrogens is 2. The van der Waals surface area contributed by atoms with Gasteiger partial charge >= 0.3 is 12.1 Å². The molecule has 2 aromatic rings. The first-order chi connectivity index (χ1) is 16.6. The van der Waals surface area contributed by atoms with Crippen LogP contribution in [0.5, 0.6) is 5.75 Å². The molecule has 2 heterocycles. The number of carbonyl (C=O) groups excluding carboxylic acids is 1. The van der Waals surface area contributed by atoms with Gasteiger partial charge in [0.2, 0.25) is 0 Å². The smallest absolute Gasteiger partial charge is 0.410 e. The van der Waals surface area contributed by atoms with E-state index in [1.165, 1.54) is 0 Å². The Balaban J connectivity index is 1.46. The first-order valence-corrected chi connectivity index (χ1v) is 12.4. The maximum atomic E-state index is 12.2. The Morgan fingerprint density at radius 1 is 1.09 bits per heavy atom. The monoisotopic (exact) mass is 483 g/mol. The lowest BCUT2D eigenvalue weighted by molar-refractivity contribution is 0.0180. The van der Waals surface area contributed by atoms with Gasteiger partial charge in [-0.05, 0) is 58.4 Å². The van der Waals surface area contributed by atoms with Crippen LogP contribution in [0.1, 0.15) is 80.4 Å². The molecule has 0 radical (unpaired) electrons. The second-order valence-corrected chi connectivity index (χ2v) is 10.1. The Morgan fingerprint density at radius 2 is 1.77 bits per heavy atom. The van der Waals surface area contributed by atoms with Crippen molar-refractivity contribution in [3.8, 4) is 5.75 Å². The van der Waals surface area contributed by atoms with Crippen LogP contribution in [0.2, 0.25) is 0 Å². The summed E-state index contributed by atoms with van der Waals surface area (Å²) in [4.78, 5) is 34.6. The first kappa shape index (κ1) is 26.4. The highest BCUT2D eigenvalue weighted by Crippen LogP contribution is 2.25. The number of ether oxygens (including phenoxy) is 2. The van der Waals surface area contributed by atoms with Crippen LogP contribution in [0.4, 0.5) is 4.79 Å². The Kier molecular flexibility index (Phi) is 9.07. The van der Waals surface area contributed by atoms with E-state index < -0.39 is 11.6 Å². The third kappa shape index (κ3) is 8.23. The fraction of sp³-hybridized carbons (Fsp3) is 0.556. The minimum Gasteiger partial charge on any atom is -0.484 e. The second kappa shape index (κ2) is 12.0. The highest BCUT2D eigenvalue weighted by molar-refractivity contribution is 5.88. The number of piperidine rings is 1. The highest BCUT2D eigenvalue weighted by atomic mass is 16.6. The van der Waals surface area contributed by atoms with Gasteiger partial charge in [0.1, 0.15) is 18.0 Å². The number of aromatic carboxylic acids is 1. The predicted molar refractivity (Wildman–Crippen MR) is 133 cm³/mol. The molecule has 190 valence electrons. The highest BCUT2D eigenvalue weighted by Gasteiger charge is 2.26. The van der Waals surface area contributed by atoms with Gasteiger partial charge in [0.05, 0.1) is 5.69 Å². The molecule has 1 N–H and O–H groups in total. The van der Waals surface area contributed by atoms with Gasteiger partial charge in [-0.3, -0.25) is 0 Å². The third-order valence-corrected chi connectivity index (χ3v) is 6.04. The third-order valence-electron chi connectivity index (χ3n) is 6.04. The van der Waals surface area contributed by atoms with E-state index in [4.69, 9.17) is 9.47 Å². The van der Waals surface area contributed by atoms with Crippen molar-refractivity contribution in [1.29, 1.82) is 0 Å². The molecular weight excluding hydrogens is 446 g/mol. The molecule has 1 fully saturated rings. The van der Waals surface area contributed by atoms with Crippen LogP contribution in [0, 0.1) is 12.8 Å². The SMILES string of the molecule is Cc1nc(CCCCC2CCN(C(=O)OC(C)(C)C)CC2)nc(C(=O)O)c1OCc1ccccc1. The Bertz CT molecular complexity index is 996. The Labute approximate surface area is 207 Å². The van der Waals surface area contributed by atoms with E-state index in [0.717, 1.165) is 50.8 Å². The minimum absolute atomic E-state index is 0.0852. The number of carboxylic acids is 1. The van der Waals surface area contributed by atoms with Gasteiger partial charge in [-0.2, -0.15) is 0 Å². The van der Waals surface area contributed by atoms with Crippen LogP contribution >= 0.6 is 0 Å². The van der Waals surface area contributed by atoms with Gasteiger partial charge in [-0.1, -0.05) is 43.2 Å². The number of nitrogens with zero attached hydrogens (tertiary/aromatic N) is 3. The summed E-state index contributed by atoms with van der Waals surface area (Å²) in [6.45, 7) is 9.13. The van der Waals surface area contributed by atoms with Gasteiger partial charge in [0.25, 0.3) is 0 Å². The van der Waals surface area contributed by atoms with Crippen molar-refractivity contribution in [1.82, 2.24) is 14.9 Å². The van der Waals surface area contributed by atoms with Crippen LogP contribution in [0.3, 0.4) is 0 Å².